The minimum absolute atomic E-state index is 0.00248. The van der Waals surface area contributed by atoms with Crippen LogP contribution in [0.4, 0.5) is 0 Å². The van der Waals surface area contributed by atoms with E-state index in [4.69, 9.17) is 16.6 Å². The fraction of sp³-hybridized carbons (Fsp3) is 0.778. The normalized spacial score (nSPS) is 15.0. The van der Waals surface area contributed by atoms with Gasteiger partial charge >= 0.3 is 5.97 Å². The van der Waals surface area contributed by atoms with Gasteiger partial charge in [0, 0.05) is 11.5 Å². The van der Waals surface area contributed by atoms with E-state index in [1.54, 1.807) is 0 Å². The molecule has 174 valence electrons. The molecule has 0 rings (SSSR count). The van der Waals surface area contributed by atoms with Crippen LogP contribution in [0.1, 0.15) is 39.5 Å². The largest absolute Gasteiger partial charge is 0.480 e. The predicted molar refractivity (Wildman–Crippen MR) is 121 cm³/mol. The number of carboxylic acid groups (broad SMARTS) is 1. The standard InChI is InChI=1S/C18H35N5O5S2/c1-10(2)7-12(16(25)23-14(9-30)18(27)28)21-17(26)13(8-29)22-15(24)11(20)5-3-4-6-19/h10-14,29-30H,3-9,19-20H2,1-2H3,(H,21,26)(H,22,24)(H,23,25)(H,27,28). The molecule has 0 aliphatic heterocycles. The van der Waals surface area contributed by atoms with E-state index in [1.807, 2.05) is 13.8 Å². The number of carbonyl (C=O) groups excluding carboxylic acids is 3. The summed E-state index contributed by atoms with van der Waals surface area (Å²) in [5, 5.41) is 16.6. The van der Waals surface area contributed by atoms with Crippen LogP contribution in [-0.4, -0.2) is 71.0 Å². The third-order valence-electron chi connectivity index (χ3n) is 4.26. The molecular formula is C18H35N5O5S2. The summed E-state index contributed by atoms with van der Waals surface area (Å²) in [6.07, 6.45) is 2.15. The molecule has 3 amide bonds. The maximum atomic E-state index is 12.6. The van der Waals surface area contributed by atoms with E-state index < -0.39 is 47.9 Å². The van der Waals surface area contributed by atoms with Crippen LogP contribution >= 0.6 is 25.3 Å². The highest BCUT2D eigenvalue weighted by Crippen LogP contribution is 2.07. The molecule has 0 heterocycles. The molecule has 0 radical (unpaired) electrons. The Bertz CT molecular complexity index is 579. The van der Waals surface area contributed by atoms with Gasteiger partial charge in [0.2, 0.25) is 17.7 Å². The molecule has 0 saturated carbocycles. The molecule has 0 bridgehead atoms. The molecule has 0 spiro atoms. The van der Waals surface area contributed by atoms with E-state index in [0.717, 1.165) is 6.42 Å². The monoisotopic (exact) mass is 465 g/mol. The Balaban J connectivity index is 5.06. The van der Waals surface area contributed by atoms with Crippen LogP contribution in [0.25, 0.3) is 0 Å². The van der Waals surface area contributed by atoms with Crippen LogP contribution in [0.2, 0.25) is 0 Å². The molecule has 12 heteroatoms. The fourth-order valence-electron chi connectivity index (χ4n) is 2.55. The van der Waals surface area contributed by atoms with Crippen molar-refractivity contribution in [2.75, 3.05) is 18.1 Å². The van der Waals surface area contributed by atoms with Crippen LogP contribution in [0.5, 0.6) is 0 Å². The van der Waals surface area contributed by atoms with Gasteiger partial charge in [-0.3, -0.25) is 14.4 Å². The van der Waals surface area contributed by atoms with Crippen LogP contribution in [0, 0.1) is 5.92 Å². The quantitative estimate of drug-likeness (QED) is 0.112. The van der Waals surface area contributed by atoms with E-state index in [1.165, 1.54) is 0 Å². The lowest BCUT2D eigenvalue weighted by Crippen LogP contribution is -2.58. The maximum Gasteiger partial charge on any atom is 0.327 e. The van der Waals surface area contributed by atoms with Crippen molar-refractivity contribution in [1.29, 1.82) is 0 Å². The third-order valence-corrected chi connectivity index (χ3v) is 4.99. The Morgan fingerprint density at radius 1 is 0.867 bits per heavy atom. The summed E-state index contributed by atoms with van der Waals surface area (Å²) in [6.45, 7) is 4.22. The van der Waals surface area contributed by atoms with Gasteiger partial charge in [0.25, 0.3) is 0 Å². The molecule has 30 heavy (non-hydrogen) atoms. The van der Waals surface area contributed by atoms with E-state index in [2.05, 4.69) is 41.2 Å². The zero-order chi connectivity index (χ0) is 23.3. The van der Waals surface area contributed by atoms with Crippen molar-refractivity contribution >= 4 is 48.9 Å². The third kappa shape index (κ3) is 11.0. The number of carbonyl (C=O) groups is 4. The number of nitrogens with one attached hydrogen (secondary N) is 3. The van der Waals surface area contributed by atoms with Gasteiger partial charge in [-0.05, 0) is 31.7 Å². The SMILES string of the molecule is CC(C)CC(NC(=O)C(CS)NC(=O)C(N)CCCCN)C(=O)NC(CS)C(=O)O. The molecule has 4 atom stereocenters. The van der Waals surface area contributed by atoms with Gasteiger partial charge in [-0.1, -0.05) is 20.3 Å². The van der Waals surface area contributed by atoms with Gasteiger partial charge in [-0.15, -0.1) is 0 Å². The van der Waals surface area contributed by atoms with Gasteiger partial charge in [-0.2, -0.15) is 25.3 Å². The lowest BCUT2D eigenvalue weighted by molar-refractivity contribution is -0.141. The Hall–Kier alpha value is -1.50. The minimum atomic E-state index is -1.22. The van der Waals surface area contributed by atoms with Gasteiger partial charge < -0.3 is 32.5 Å². The first-order chi connectivity index (χ1) is 14.1. The summed E-state index contributed by atoms with van der Waals surface area (Å²) in [4.78, 5) is 48.5. The maximum absolute atomic E-state index is 12.6. The van der Waals surface area contributed by atoms with Crippen molar-refractivity contribution in [3.8, 4) is 0 Å². The van der Waals surface area contributed by atoms with Crippen LogP contribution in [0.15, 0.2) is 0 Å². The van der Waals surface area contributed by atoms with Gasteiger partial charge in [0.05, 0.1) is 6.04 Å². The highest BCUT2D eigenvalue weighted by Gasteiger charge is 2.29. The van der Waals surface area contributed by atoms with Crippen molar-refractivity contribution in [2.45, 2.75) is 63.7 Å². The van der Waals surface area contributed by atoms with E-state index in [-0.39, 0.29) is 23.8 Å². The van der Waals surface area contributed by atoms with Crippen LogP contribution < -0.4 is 27.4 Å². The van der Waals surface area contributed by atoms with E-state index >= 15 is 0 Å². The highest BCUT2D eigenvalue weighted by atomic mass is 32.1. The Morgan fingerprint density at radius 2 is 1.37 bits per heavy atom. The van der Waals surface area contributed by atoms with Crippen molar-refractivity contribution in [2.24, 2.45) is 17.4 Å². The first-order valence-corrected chi connectivity index (χ1v) is 11.1. The second-order valence-electron chi connectivity index (χ2n) is 7.41. The number of hydrogen-bond donors (Lipinski definition) is 8. The molecule has 0 aliphatic carbocycles. The molecule has 0 aromatic rings. The highest BCUT2D eigenvalue weighted by molar-refractivity contribution is 7.80. The van der Waals surface area contributed by atoms with E-state index in [9.17, 15) is 19.2 Å². The summed E-state index contributed by atoms with van der Waals surface area (Å²) >= 11 is 8.02. The van der Waals surface area contributed by atoms with Crippen molar-refractivity contribution in [3.63, 3.8) is 0 Å². The lowest BCUT2D eigenvalue weighted by atomic mass is 10.0. The summed E-state index contributed by atoms with van der Waals surface area (Å²) < 4.78 is 0. The molecule has 0 aliphatic rings. The fourth-order valence-corrected chi connectivity index (χ4v) is 3.05. The van der Waals surface area contributed by atoms with Crippen LogP contribution in [-0.2, 0) is 19.2 Å². The predicted octanol–water partition coefficient (Wildman–Crippen LogP) is -1.11. The smallest absolute Gasteiger partial charge is 0.327 e. The number of nitrogens with two attached hydrogens (primary N) is 2. The molecule has 0 fully saturated rings. The molecule has 8 N–H and O–H groups in total. The summed E-state index contributed by atoms with van der Waals surface area (Å²) in [5.41, 5.74) is 11.3. The topological polar surface area (TPSA) is 177 Å². The molecular weight excluding hydrogens is 430 g/mol. The van der Waals surface area contributed by atoms with Gasteiger partial charge in [0.1, 0.15) is 18.1 Å². The average molecular weight is 466 g/mol. The molecule has 10 nitrogen and oxygen atoms in total. The Morgan fingerprint density at radius 3 is 1.83 bits per heavy atom. The average Bonchev–Trinajstić information content (AvgIpc) is 2.68. The molecule has 0 aromatic carbocycles. The minimum Gasteiger partial charge on any atom is -0.480 e. The molecule has 0 aromatic heterocycles. The number of unbranched alkanes of at least 4 members (excludes halogenated alkanes) is 1. The number of amides is 3. The zero-order valence-corrected chi connectivity index (χ0v) is 19.3. The first-order valence-electron chi connectivity index (χ1n) is 9.88. The number of hydrogen-bond acceptors (Lipinski definition) is 8. The number of aliphatic carboxylic acids is 1. The Kier molecular flexibility index (Phi) is 14.6. The zero-order valence-electron chi connectivity index (χ0n) is 17.5. The van der Waals surface area contributed by atoms with Crippen molar-refractivity contribution < 1.29 is 24.3 Å². The van der Waals surface area contributed by atoms with Gasteiger partial charge in [-0.25, -0.2) is 4.79 Å². The van der Waals surface area contributed by atoms with Crippen molar-refractivity contribution in [1.82, 2.24) is 16.0 Å². The van der Waals surface area contributed by atoms with Gasteiger partial charge in [0.15, 0.2) is 0 Å². The molecule has 4 unspecified atom stereocenters. The second-order valence-corrected chi connectivity index (χ2v) is 8.14. The second kappa shape index (κ2) is 15.3. The molecule has 0 saturated heterocycles. The van der Waals surface area contributed by atoms with Crippen LogP contribution in [0.3, 0.4) is 0 Å². The first kappa shape index (κ1) is 28.5. The Labute approximate surface area is 188 Å². The number of thiol groups is 2. The lowest BCUT2D eigenvalue weighted by Gasteiger charge is -2.25. The summed E-state index contributed by atoms with van der Waals surface area (Å²) in [5.74, 6) is -3.02. The number of carboxylic acids is 1. The van der Waals surface area contributed by atoms with E-state index in [0.29, 0.717) is 19.4 Å². The summed E-state index contributed by atoms with van der Waals surface area (Å²) in [6, 6.07) is -3.94. The summed E-state index contributed by atoms with van der Waals surface area (Å²) in [7, 11) is 0. The van der Waals surface area contributed by atoms with Crippen molar-refractivity contribution in [3.05, 3.63) is 0 Å². The number of rotatable bonds is 15.